The van der Waals surface area contributed by atoms with Crippen LogP contribution in [0.2, 0.25) is 0 Å². The zero-order valence-electron chi connectivity index (χ0n) is 8.72. The molecule has 1 fully saturated rings. The first kappa shape index (κ1) is 11.9. The van der Waals surface area contributed by atoms with E-state index in [9.17, 15) is 9.90 Å². The first-order valence-electron chi connectivity index (χ1n) is 4.90. The van der Waals surface area contributed by atoms with Crippen LogP contribution >= 0.6 is 0 Å². The summed E-state index contributed by atoms with van der Waals surface area (Å²) in [7, 11) is 0. The van der Waals surface area contributed by atoms with Crippen LogP contribution in [0, 0.1) is 0 Å². The lowest BCUT2D eigenvalue weighted by Gasteiger charge is -2.33. The average molecular weight is 212 g/mol. The summed E-state index contributed by atoms with van der Waals surface area (Å²) in [5.41, 5.74) is 0.635. The van der Waals surface area contributed by atoms with Crippen LogP contribution in [0.15, 0.2) is 24.3 Å². The van der Waals surface area contributed by atoms with E-state index < -0.39 is 18.2 Å². The Morgan fingerprint density at radius 3 is 2.93 bits per heavy atom. The number of ether oxygens (including phenoxy) is 1. The molecule has 4 nitrogen and oxygen atoms in total. The predicted octanol–water partition coefficient (Wildman–Crippen LogP) is 1.11. The van der Waals surface area contributed by atoms with Gasteiger partial charge in [-0.25, -0.2) is 0 Å². The van der Waals surface area contributed by atoms with E-state index in [1.54, 1.807) is 12.2 Å². The molecular weight excluding hydrogens is 196 g/mol. The number of carboxylic acids is 1. The van der Waals surface area contributed by atoms with Crippen LogP contribution in [0.25, 0.3) is 0 Å². The third-order valence-electron chi connectivity index (χ3n) is 2.35. The Kier molecular flexibility index (Phi) is 4.05. The fourth-order valence-corrected chi connectivity index (χ4v) is 1.65. The average Bonchev–Trinajstić information content (AvgIpc) is 2.12. The van der Waals surface area contributed by atoms with Crippen LogP contribution in [-0.4, -0.2) is 34.5 Å². The summed E-state index contributed by atoms with van der Waals surface area (Å²) in [6, 6.07) is 0. The molecule has 0 aromatic carbocycles. The van der Waals surface area contributed by atoms with E-state index in [4.69, 9.17) is 9.84 Å². The van der Waals surface area contributed by atoms with Gasteiger partial charge in [0, 0.05) is 0 Å². The molecule has 15 heavy (non-hydrogen) atoms. The Morgan fingerprint density at radius 2 is 2.40 bits per heavy atom. The molecule has 0 spiro atoms. The molecule has 0 saturated carbocycles. The van der Waals surface area contributed by atoms with Crippen molar-refractivity contribution in [3.63, 3.8) is 0 Å². The van der Waals surface area contributed by atoms with Crippen molar-refractivity contribution < 1.29 is 19.7 Å². The summed E-state index contributed by atoms with van der Waals surface area (Å²) in [6.45, 7) is 5.55. The van der Waals surface area contributed by atoms with Gasteiger partial charge in [-0.05, 0) is 18.9 Å². The highest BCUT2D eigenvalue weighted by Crippen LogP contribution is 2.26. The summed E-state index contributed by atoms with van der Waals surface area (Å²) in [5, 5.41) is 18.3. The highest BCUT2D eigenvalue weighted by molar-refractivity contribution is 5.67. The minimum Gasteiger partial charge on any atom is -0.481 e. The van der Waals surface area contributed by atoms with Crippen molar-refractivity contribution in [2.24, 2.45) is 0 Å². The summed E-state index contributed by atoms with van der Waals surface area (Å²) >= 11 is 0. The van der Waals surface area contributed by atoms with Gasteiger partial charge in [0.2, 0.25) is 0 Å². The molecule has 84 valence electrons. The lowest BCUT2D eigenvalue weighted by Crippen LogP contribution is -2.39. The number of hydrogen-bond donors (Lipinski definition) is 2. The molecule has 1 aliphatic heterocycles. The van der Waals surface area contributed by atoms with Crippen molar-refractivity contribution in [3.05, 3.63) is 24.3 Å². The normalized spacial score (nSPS) is 32.1. The van der Waals surface area contributed by atoms with Gasteiger partial charge in [-0.1, -0.05) is 18.7 Å². The third kappa shape index (κ3) is 3.18. The van der Waals surface area contributed by atoms with E-state index in [0.717, 1.165) is 0 Å². The molecule has 0 aliphatic carbocycles. The Morgan fingerprint density at radius 1 is 1.73 bits per heavy atom. The molecule has 3 atom stereocenters. The number of allylic oxidation sites excluding steroid dienone is 1. The van der Waals surface area contributed by atoms with E-state index in [0.29, 0.717) is 12.0 Å². The van der Waals surface area contributed by atoms with Gasteiger partial charge in [-0.2, -0.15) is 0 Å². The molecule has 4 heteroatoms. The van der Waals surface area contributed by atoms with Gasteiger partial charge in [0.25, 0.3) is 0 Å². The van der Waals surface area contributed by atoms with Crippen molar-refractivity contribution in [1.29, 1.82) is 0 Å². The number of hydrogen-bond acceptors (Lipinski definition) is 3. The molecule has 0 aromatic rings. The highest BCUT2D eigenvalue weighted by atomic mass is 16.5. The summed E-state index contributed by atoms with van der Waals surface area (Å²) in [4.78, 5) is 10.5. The molecule has 1 heterocycles. The zero-order valence-corrected chi connectivity index (χ0v) is 8.72. The van der Waals surface area contributed by atoms with E-state index in [-0.39, 0.29) is 12.5 Å². The zero-order chi connectivity index (χ0) is 11.4. The van der Waals surface area contributed by atoms with Crippen LogP contribution in [0.4, 0.5) is 0 Å². The first-order valence-corrected chi connectivity index (χ1v) is 4.90. The Bertz CT molecular complexity index is 282. The molecule has 0 unspecified atom stereocenters. The summed E-state index contributed by atoms with van der Waals surface area (Å²) < 4.78 is 5.44. The molecule has 0 aromatic heterocycles. The number of carboxylic acid groups (broad SMARTS) is 1. The lowest BCUT2D eigenvalue weighted by atomic mass is 9.94. The van der Waals surface area contributed by atoms with Gasteiger partial charge in [0.15, 0.2) is 0 Å². The molecule has 0 radical (unpaired) electrons. The molecule has 2 N–H and O–H groups in total. The predicted molar refractivity (Wildman–Crippen MR) is 55.5 cm³/mol. The van der Waals surface area contributed by atoms with Gasteiger partial charge in [0.05, 0.1) is 12.5 Å². The molecule has 0 amide bonds. The second-order valence-corrected chi connectivity index (χ2v) is 3.65. The summed E-state index contributed by atoms with van der Waals surface area (Å²) in [6.07, 6.45) is 2.24. The smallest absolute Gasteiger partial charge is 0.305 e. The van der Waals surface area contributed by atoms with Crippen LogP contribution in [0.1, 0.15) is 19.8 Å². The van der Waals surface area contributed by atoms with Gasteiger partial charge < -0.3 is 14.9 Å². The molecule has 1 aliphatic rings. The fourth-order valence-electron chi connectivity index (χ4n) is 1.65. The SMILES string of the molecule is C=C1C[C@@H](CC(=O)O)O[C@H](/C=C/C)[C@H]1O. The van der Waals surface area contributed by atoms with Crippen molar-refractivity contribution in [1.82, 2.24) is 0 Å². The topological polar surface area (TPSA) is 66.8 Å². The molecule has 1 rings (SSSR count). The van der Waals surface area contributed by atoms with Gasteiger partial charge >= 0.3 is 5.97 Å². The van der Waals surface area contributed by atoms with E-state index in [2.05, 4.69) is 6.58 Å². The van der Waals surface area contributed by atoms with Crippen LogP contribution in [-0.2, 0) is 9.53 Å². The van der Waals surface area contributed by atoms with Crippen molar-refractivity contribution in [2.45, 2.75) is 38.1 Å². The largest absolute Gasteiger partial charge is 0.481 e. The standard InChI is InChI=1S/C11H16O4/c1-3-4-9-11(14)7(2)5-8(15-9)6-10(12)13/h3-4,8-9,11,14H,2,5-6H2,1H3,(H,12,13)/b4-3+/t8-,9+,11-/m0/s1. The minimum atomic E-state index is -0.900. The van der Waals surface area contributed by atoms with Crippen LogP contribution in [0.3, 0.4) is 0 Å². The lowest BCUT2D eigenvalue weighted by molar-refractivity contribution is -0.143. The van der Waals surface area contributed by atoms with E-state index >= 15 is 0 Å². The number of carbonyl (C=O) groups is 1. The third-order valence-corrected chi connectivity index (χ3v) is 2.35. The highest BCUT2D eigenvalue weighted by Gasteiger charge is 2.31. The van der Waals surface area contributed by atoms with Crippen molar-refractivity contribution >= 4 is 5.97 Å². The van der Waals surface area contributed by atoms with E-state index in [1.807, 2.05) is 6.92 Å². The van der Waals surface area contributed by atoms with Crippen LogP contribution in [0.5, 0.6) is 0 Å². The first-order chi connectivity index (χ1) is 7.04. The number of aliphatic hydroxyl groups excluding tert-OH is 1. The number of rotatable bonds is 3. The van der Waals surface area contributed by atoms with Gasteiger partial charge in [-0.3, -0.25) is 4.79 Å². The molecule has 0 bridgehead atoms. The van der Waals surface area contributed by atoms with Crippen LogP contribution < -0.4 is 0 Å². The fraction of sp³-hybridized carbons (Fsp3) is 0.545. The van der Waals surface area contributed by atoms with Crippen molar-refractivity contribution in [2.75, 3.05) is 0 Å². The number of aliphatic carboxylic acids is 1. The maximum Gasteiger partial charge on any atom is 0.305 e. The Balaban J connectivity index is 2.66. The molecular formula is C11H16O4. The maximum absolute atomic E-state index is 10.5. The van der Waals surface area contributed by atoms with E-state index in [1.165, 1.54) is 0 Å². The van der Waals surface area contributed by atoms with Gasteiger partial charge in [-0.15, -0.1) is 0 Å². The summed E-state index contributed by atoms with van der Waals surface area (Å²) in [5.74, 6) is -0.900. The Labute approximate surface area is 88.9 Å². The Hall–Kier alpha value is -1.13. The van der Waals surface area contributed by atoms with Crippen molar-refractivity contribution in [3.8, 4) is 0 Å². The minimum absolute atomic E-state index is 0.0558. The second kappa shape index (κ2) is 5.09. The quantitative estimate of drug-likeness (QED) is 0.688. The maximum atomic E-state index is 10.5. The second-order valence-electron chi connectivity index (χ2n) is 3.65. The monoisotopic (exact) mass is 212 g/mol. The molecule has 1 saturated heterocycles. The number of aliphatic hydroxyl groups is 1. The van der Waals surface area contributed by atoms with Gasteiger partial charge in [0.1, 0.15) is 12.2 Å².